The Morgan fingerprint density at radius 2 is 2.11 bits per heavy atom. The second kappa shape index (κ2) is 4.25. The molecule has 4 bridgehead atoms. The molecule has 3 aliphatic rings. The Morgan fingerprint density at radius 1 is 1.33 bits per heavy atom. The zero-order chi connectivity index (χ0) is 12.9. The van der Waals surface area contributed by atoms with Crippen molar-refractivity contribution < 1.29 is 29.1 Å². The van der Waals surface area contributed by atoms with E-state index < -0.39 is 24.3 Å². The fraction of sp³-hybridized carbons (Fsp3) is 0.917. The molecular weight excluding hydrogens is 240 g/mol. The standard InChI is InChI=1S/C12H18O6/c1-6-8(14)7(2)12(4-3-5-13)11-15-10(17-18-11)9(6)16-12/h6-7,9-11,13H,3-5H2,1-2H3/t6-,7+,9+,10+,11-,12-/m0/s1. The van der Waals surface area contributed by atoms with E-state index in [1.54, 1.807) is 0 Å². The van der Waals surface area contributed by atoms with Gasteiger partial charge in [-0.15, -0.1) is 0 Å². The average molecular weight is 258 g/mol. The van der Waals surface area contributed by atoms with Crippen LogP contribution in [0.2, 0.25) is 0 Å². The predicted molar refractivity (Wildman–Crippen MR) is 58.1 cm³/mol. The molecule has 0 saturated carbocycles. The highest BCUT2D eigenvalue weighted by molar-refractivity contribution is 5.85. The lowest BCUT2D eigenvalue weighted by molar-refractivity contribution is -0.319. The quantitative estimate of drug-likeness (QED) is 0.738. The Bertz CT molecular complexity index is 358. The molecule has 18 heavy (non-hydrogen) atoms. The summed E-state index contributed by atoms with van der Waals surface area (Å²) >= 11 is 0. The van der Waals surface area contributed by atoms with E-state index in [4.69, 9.17) is 24.4 Å². The summed E-state index contributed by atoms with van der Waals surface area (Å²) in [5, 5.41) is 9.01. The summed E-state index contributed by atoms with van der Waals surface area (Å²) < 4.78 is 11.7. The van der Waals surface area contributed by atoms with Crippen molar-refractivity contribution in [2.45, 2.75) is 51.0 Å². The van der Waals surface area contributed by atoms with Gasteiger partial charge in [-0.3, -0.25) is 4.79 Å². The van der Waals surface area contributed by atoms with Gasteiger partial charge in [-0.2, -0.15) is 9.78 Å². The first-order valence-electron chi connectivity index (χ1n) is 6.40. The molecular formula is C12H18O6. The topological polar surface area (TPSA) is 74.2 Å². The smallest absolute Gasteiger partial charge is 0.223 e. The zero-order valence-electron chi connectivity index (χ0n) is 10.5. The summed E-state index contributed by atoms with van der Waals surface area (Å²) in [6.45, 7) is 3.70. The minimum atomic E-state index is -0.829. The van der Waals surface area contributed by atoms with Crippen molar-refractivity contribution >= 4 is 5.78 Å². The van der Waals surface area contributed by atoms with Crippen LogP contribution >= 0.6 is 0 Å². The molecule has 0 radical (unpaired) electrons. The lowest BCUT2D eigenvalue weighted by Gasteiger charge is -2.51. The molecule has 0 aromatic rings. The molecule has 6 heteroatoms. The van der Waals surface area contributed by atoms with E-state index in [9.17, 15) is 4.79 Å². The van der Waals surface area contributed by atoms with Gasteiger partial charge in [0.1, 0.15) is 17.5 Å². The summed E-state index contributed by atoms with van der Waals surface area (Å²) in [4.78, 5) is 22.6. The van der Waals surface area contributed by atoms with Crippen LogP contribution in [-0.2, 0) is 24.0 Å². The molecule has 3 rings (SSSR count). The van der Waals surface area contributed by atoms with E-state index >= 15 is 0 Å². The molecule has 102 valence electrons. The fourth-order valence-corrected chi connectivity index (χ4v) is 3.16. The van der Waals surface area contributed by atoms with Gasteiger partial charge in [0.15, 0.2) is 0 Å². The molecule has 1 N–H and O–H groups in total. The van der Waals surface area contributed by atoms with Crippen molar-refractivity contribution in [1.29, 1.82) is 0 Å². The average Bonchev–Trinajstić information content (AvgIpc) is 2.81. The zero-order valence-corrected chi connectivity index (χ0v) is 10.5. The molecule has 0 aromatic carbocycles. The van der Waals surface area contributed by atoms with Crippen molar-refractivity contribution in [2.24, 2.45) is 11.8 Å². The summed E-state index contributed by atoms with van der Waals surface area (Å²) in [7, 11) is 0. The van der Waals surface area contributed by atoms with Gasteiger partial charge in [-0.1, -0.05) is 13.8 Å². The number of aliphatic hydroxyl groups is 1. The van der Waals surface area contributed by atoms with Crippen LogP contribution in [0.15, 0.2) is 0 Å². The second-order valence-electron chi connectivity index (χ2n) is 5.31. The Hall–Kier alpha value is -0.530. The van der Waals surface area contributed by atoms with E-state index in [-0.39, 0.29) is 24.2 Å². The third-order valence-corrected chi connectivity index (χ3v) is 4.35. The van der Waals surface area contributed by atoms with Crippen LogP contribution in [0, 0.1) is 11.8 Å². The number of hydrogen-bond acceptors (Lipinski definition) is 6. The highest BCUT2D eigenvalue weighted by Crippen LogP contribution is 2.49. The summed E-state index contributed by atoms with van der Waals surface area (Å²) in [6, 6.07) is 0. The van der Waals surface area contributed by atoms with E-state index in [0.717, 1.165) is 0 Å². The first-order chi connectivity index (χ1) is 8.60. The van der Waals surface area contributed by atoms with Crippen molar-refractivity contribution in [3.63, 3.8) is 0 Å². The number of Topliss-reactive ketones (excluding diaryl/α,β-unsaturated/α-hetero) is 1. The minimum absolute atomic E-state index is 0.0449. The maximum atomic E-state index is 12.3. The van der Waals surface area contributed by atoms with E-state index in [1.165, 1.54) is 0 Å². The van der Waals surface area contributed by atoms with Crippen molar-refractivity contribution in [3.8, 4) is 0 Å². The van der Waals surface area contributed by atoms with Gasteiger partial charge in [-0.25, -0.2) is 0 Å². The fourth-order valence-electron chi connectivity index (χ4n) is 3.16. The molecule has 0 aliphatic carbocycles. The van der Waals surface area contributed by atoms with Gasteiger partial charge < -0.3 is 14.6 Å². The van der Waals surface area contributed by atoms with Crippen LogP contribution in [-0.4, -0.2) is 41.8 Å². The maximum absolute atomic E-state index is 12.3. The molecule has 3 heterocycles. The number of carbonyl (C=O) groups excluding carboxylic acids is 1. The molecule has 6 nitrogen and oxygen atoms in total. The van der Waals surface area contributed by atoms with Gasteiger partial charge in [0.2, 0.25) is 12.6 Å². The first kappa shape index (κ1) is 12.5. The van der Waals surface area contributed by atoms with Gasteiger partial charge >= 0.3 is 0 Å². The van der Waals surface area contributed by atoms with E-state index in [1.807, 2.05) is 13.8 Å². The molecule has 3 fully saturated rings. The monoisotopic (exact) mass is 258 g/mol. The number of carbonyl (C=O) groups is 1. The number of rotatable bonds is 3. The summed E-state index contributed by atoms with van der Waals surface area (Å²) in [6.07, 6.45) is -0.681. The SMILES string of the molecule is C[C@@H]1C(=O)[C@H](C)[C@H]2O[C@]1(CCCO)[C@@H]1OO[C@H]2O1. The van der Waals surface area contributed by atoms with Crippen LogP contribution in [0.25, 0.3) is 0 Å². The molecule has 3 aliphatic heterocycles. The van der Waals surface area contributed by atoms with E-state index in [0.29, 0.717) is 12.8 Å². The molecule has 0 unspecified atom stereocenters. The Morgan fingerprint density at radius 3 is 2.83 bits per heavy atom. The molecule has 6 atom stereocenters. The highest BCUT2D eigenvalue weighted by atomic mass is 17.3. The predicted octanol–water partition coefficient (Wildman–Crippen LogP) is 0.382. The molecule has 3 saturated heterocycles. The van der Waals surface area contributed by atoms with Crippen LogP contribution < -0.4 is 0 Å². The number of hydrogen-bond donors (Lipinski definition) is 1. The third-order valence-electron chi connectivity index (χ3n) is 4.35. The minimum Gasteiger partial charge on any atom is -0.396 e. The third kappa shape index (κ3) is 1.50. The van der Waals surface area contributed by atoms with Crippen LogP contribution in [0.4, 0.5) is 0 Å². The molecule has 0 spiro atoms. The number of ketones is 1. The Kier molecular flexibility index (Phi) is 2.95. The highest BCUT2D eigenvalue weighted by Gasteiger charge is 2.65. The van der Waals surface area contributed by atoms with Crippen molar-refractivity contribution in [2.75, 3.05) is 6.61 Å². The lowest BCUT2D eigenvalue weighted by atomic mass is 9.72. The van der Waals surface area contributed by atoms with E-state index in [2.05, 4.69) is 0 Å². The summed E-state index contributed by atoms with van der Waals surface area (Å²) in [5.74, 6) is -0.450. The van der Waals surface area contributed by atoms with Crippen LogP contribution in [0.3, 0.4) is 0 Å². The van der Waals surface area contributed by atoms with Gasteiger partial charge in [0.05, 0.1) is 0 Å². The molecule has 0 amide bonds. The van der Waals surface area contributed by atoms with Crippen molar-refractivity contribution in [1.82, 2.24) is 0 Å². The normalized spacial score (nSPS) is 50.6. The maximum Gasteiger partial charge on any atom is 0.223 e. The largest absolute Gasteiger partial charge is 0.396 e. The first-order valence-corrected chi connectivity index (χ1v) is 6.40. The Balaban J connectivity index is 1.95. The lowest BCUT2D eigenvalue weighted by Crippen LogP contribution is -2.66. The number of aliphatic hydroxyl groups excluding tert-OH is 1. The van der Waals surface area contributed by atoms with Gasteiger partial charge in [0, 0.05) is 18.4 Å². The van der Waals surface area contributed by atoms with Gasteiger partial charge in [0.25, 0.3) is 0 Å². The number of fused-ring (bicyclic) bond motifs is 6. The van der Waals surface area contributed by atoms with Crippen molar-refractivity contribution in [3.05, 3.63) is 0 Å². The van der Waals surface area contributed by atoms with Crippen LogP contribution in [0.5, 0.6) is 0 Å². The van der Waals surface area contributed by atoms with Gasteiger partial charge in [-0.05, 0) is 12.8 Å². The second-order valence-corrected chi connectivity index (χ2v) is 5.31. The van der Waals surface area contributed by atoms with Crippen LogP contribution in [0.1, 0.15) is 26.7 Å². The number of ether oxygens (including phenoxy) is 2. The Labute approximate surface area is 105 Å². The summed E-state index contributed by atoms with van der Waals surface area (Å²) in [5.41, 5.74) is -0.829. The molecule has 0 aromatic heterocycles.